The van der Waals surface area contributed by atoms with Gasteiger partial charge in [-0.25, -0.2) is 14.2 Å². The van der Waals surface area contributed by atoms with Crippen molar-refractivity contribution in [3.8, 4) is 0 Å². The van der Waals surface area contributed by atoms with E-state index in [0.29, 0.717) is 29.9 Å². The molecule has 0 saturated carbocycles. The lowest BCUT2D eigenvalue weighted by atomic mass is 10.2. The predicted octanol–water partition coefficient (Wildman–Crippen LogP) is 1.81. The molecule has 0 bridgehead atoms. The summed E-state index contributed by atoms with van der Waals surface area (Å²) < 4.78 is 15.0. The van der Waals surface area contributed by atoms with E-state index in [1.807, 2.05) is 0 Å². The normalized spacial score (nSPS) is 18.6. The standard InChI is InChI=1S/C14H16FN3O3/c15-9-3-4-12-11(6-9)16-13(8-19)18(12)7-10-2-1-5-17(10)14(20)21/h3-4,6,10,19H,1-2,5,7-8H2,(H,20,21). The summed E-state index contributed by atoms with van der Waals surface area (Å²) in [6.07, 6.45) is 0.670. The van der Waals surface area contributed by atoms with Crippen molar-refractivity contribution in [1.82, 2.24) is 14.5 Å². The fourth-order valence-corrected chi connectivity index (χ4v) is 2.97. The van der Waals surface area contributed by atoms with Crippen LogP contribution in [0.15, 0.2) is 18.2 Å². The topological polar surface area (TPSA) is 78.6 Å². The van der Waals surface area contributed by atoms with Crippen LogP contribution in [0.5, 0.6) is 0 Å². The molecule has 7 heteroatoms. The second kappa shape index (κ2) is 5.33. The summed E-state index contributed by atoms with van der Waals surface area (Å²) in [5.41, 5.74) is 1.18. The number of hydrogen-bond acceptors (Lipinski definition) is 3. The number of hydrogen-bond donors (Lipinski definition) is 2. The molecule has 1 fully saturated rings. The number of amides is 1. The molecule has 1 aliphatic rings. The highest BCUT2D eigenvalue weighted by Gasteiger charge is 2.29. The van der Waals surface area contributed by atoms with Gasteiger partial charge in [-0.05, 0) is 25.0 Å². The van der Waals surface area contributed by atoms with Crippen LogP contribution >= 0.6 is 0 Å². The number of benzene rings is 1. The molecule has 0 radical (unpaired) electrons. The molecule has 2 aromatic rings. The van der Waals surface area contributed by atoms with Crippen LogP contribution in [-0.4, -0.2) is 43.3 Å². The number of carboxylic acid groups (broad SMARTS) is 1. The number of halogens is 1. The molecule has 1 saturated heterocycles. The van der Waals surface area contributed by atoms with Crippen LogP contribution in [0.3, 0.4) is 0 Å². The Morgan fingerprint density at radius 1 is 1.48 bits per heavy atom. The first-order chi connectivity index (χ1) is 10.1. The van der Waals surface area contributed by atoms with E-state index in [2.05, 4.69) is 4.98 Å². The molecule has 1 aromatic heterocycles. The molecule has 2 N–H and O–H groups in total. The first-order valence-corrected chi connectivity index (χ1v) is 6.85. The summed E-state index contributed by atoms with van der Waals surface area (Å²) in [5, 5.41) is 18.6. The van der Waals surface area contributed by atoms with Crippen molar-refractivity contribution in [2.75, 3.05) is 6.54 Å². The monoisotopic (exact) mass is 293 g/mol. The second-order valence-electron chi connectivity index (χ2n) is 5.20. The minimum atomic E-state index is -0.932. The van der Waals surface area contributed by atoms with Crippen LogP contribution < -0.4 is 0 Å². The molecule has 21 heavy (non-hydrogen) atoms. The maximum absolute atomic E-state index is 13.3. The fraction of sp³-hybridized carbons (Fsp3) is 0.429. The quantitative estimate of drug-likeness (QED) is 0.904. The molecule has 3 rings (SSSR count). The third-order valence-electron chi connectivity index (χ3n) is 3.95. The zero-order valence-electron chi connectivity index (χ0n) is 11.4. The molecule has 1 aliphatic heterocycles. The molecule has 0 aliphatic carbocycles. The average Bonchev–Trinajstić information content (AvgIpc) is 3.03. The molecule has 1 amide bonds. The zero-order chi connectivity index (χ0) is 15.0. The average molecular weight is 293 g/mol. The van der Waals surface area contributed by atoms with Crippen molar-refractivity contribution in [1.29, 1.82) is 0 Å². The van der Waals surface area contributed by atoms with Crippen LogP contribution in [0.1, 0.15) is 18.7 Å². The Bertz CT molecular complexity index is 685. The van der Waals surface area contributed by atoms with Gasteiger partial charge in [0.15, 0.2) is 0 Å². The number of nitrogens with zero attached hydrogens (tertiary/aromatic N) is 3. The highest BCUT2D eigenvalue weighted by Crippen LogP contribution is 2.23. The van der Waals surface area contributed by atoms with E-state index in [1.54, 1.807) is 10.6 Å². The lowest BCUT2D eigenvalue weighted by Crippen LogP contribution is -2.37. The van der Waals surface area contributed by atoms with Crippen LogP contribution in [-0.2, 0) is 13.2 Å². The van der Waals surface area contributed by atoms with Gasteiger partial charge in [0.25, 0.3) is 0 Å². The summed E-state index contributed by atoms with van der Waals surface area (Å²) in [4.78, 5) is 16.8. The van der Waals surface area contributed by atoms with Crippen molar-refractivity contribution in [2.24, 2.45) is 0 Å². The van der Waals surface area contributed by atoms with Crippen molar-refractivity contribution in [3.63, 3.8) is 0 Å². The minimum Gasteiger partial charge on any atom is -0.465 e. The van der Waals surface area contributed by atoms with Crippen LogP contribution in [0, 0.1) is 5.82 Å². The third kappa shape index (κ3) is 2.44. The van der Waals surface area contributed by atoms with Crippen LogP contribution in [0.4, 0.5) is 9.18 Å². The highest BCUT2D eigenvalue weighted by molar-refractivity contribution is 5.76. The van der Waals surface area contributed by atoms with Gasteiger partial charge in [-0.2, -0.15) is 0 Å². The second-order valence-corrected chi connectivity index (χ2v) is 5.20. The van der Waals surface area contributed by atoms with Gasteiger partial charge in [0.1, 0.15) is 18.2 Å². The molecule has 1 aromatic carbocycles. The van der Waals surface area contributed by atoms with Crippen molar-refractivity contribution >= 4 is 17.1 Å². The maximum atomic E-state index is 13.3. The summed E-state index contributed by atoms with van der Waals surface area (Å²) in [6, 6.07) is 4.12. The first kappa shape index (κ1) is 13.8. The lowest BCUT2D eigenvalue weighted by Gasteiger charge is -2.22. The number of aromatic nitrogens is 2. The SMILES string of the molecule is O=C(O)N1CCCC1Cn1c(CO)nc2cc(F)ccc21. The number of aliphatic hydroxyl groups excluding tert-OH is 1. The third-order valence-corrected chi connectivity index (χ3v) is 3.95. The van der Waals surface area contributed by atoms with Crippen LogP contribution in [0.25, 0.3) is 11.0 Å². The molecule has 112 valence electrons. The number of likely N-dealkylation sites (tertiary alicyclic amines) is 1. The Morgan fingerprint density at radius 2 is 2.29 bits per heavy atom. The molecular weight excluding hydrogens is 277 g/mol. The van der Waals surface area contributed by atoms with Crippen LogP contribution in [0.2, 0.25) is 0 Å². The van der Waals surface area contributed by atoms with Gasteiger partial charge in [-0.3, -0.25) is 0 Å². The lowest BCUT2D eigenvalue weighted by molar-refractivity contribution is 0.136. The summed E-state index contributed by atoms with van der Waals surface area (Å²) in [6.45, 7) is 0.677. The zero-order valence-corrected chi connectivity index (χ0v) is 11.4. The van der Waals surface area contributed by atoms with E-state index in [1.165, 1.54) is 17.0 Å². The van der Waals surface area contributed by atoms with Gasteiger partial charge >= 0.3 is 6.09 Å². The highest BCUT2D eigenvalue weighted by atomic mass is 19.1. The summed E-state index contributed by atoms with van der Waals surface area (Å²) in [7, 11) is 0. The van der Waals surface area contributed by atoms with Gasteiger partial charge in [-0.1, -0.05) is 0 Å². The summed E-state index contributed by atoms with van der Waals surface area (Å²) in [5.74, 6) is 0.0394. The number of imidazole rings is 1. The van der Waals surface area contributed by atoms with Crippen molar-refractivity contribution < 1.29 is 19.4 Å². The Kier molecular flexibility index (Phi) is 3.50. The summed E-state index contributed by atoms with van der Waals surface area (Å²) >= 11 is 0. The van der Waals surface area contributed by atoms with E-state index in [4.69, 9.17) is 0 Å². The van der Waals surface area contributed by atoms with E-state index in [0.717, 1.165) is 12.8 Å². The van der Waals surface area contributed by atoms with E-state index in [9.17, 15) is 19.4 Å². The van der Waals surface area contributed by atoms with E-state index in [-0.39, 0.29) is 18.5 Å². The molecule has 6 nitrogen and oxygen atoms in total. The molecule has 2 heterocycles. The number of carbonyl (C=O) groups is 1. The van der Waals surface area contributed by atoms with Gasteiger partial charge in [-0.15, -0.1) is 0 Å². The first-order valence-electron chi connectivity index (χ1n) is 6.85. The number of aliphatic hydroxyl groups is 1. The fourth-order valence-electron chi connectivity index (χ4n) is 2.97. The van der Waals surface area contributed by atoms with E-state index >= 15 is 0 Å². The Balaban J connectivity index is 1.97. The number of rotatable bonds is 3. The van der Waals surface area contributed by atoms with Gasteiger partial charge in [0.05, 0.1) is 17.1 Å². The minimum absolute atomic E-state index is 0.143. The van der Waals surface area contributed by atoms with Crippen molar-refractivity contribution in [2.45, 2.75) is 32.0 Å². The Hall–Kier alpha value is -2.15. The molecule has 1 atom stereocenters. The van der Waals surface area contributed by atoms with Gasteiger partial charge < -0.3 is 19.7 Å². The Labute approximate surface area is 120 Å². The van der Waals surface area contributed by atoms with E-state index < -0.39 is 6.09 Å². The Morgan fingerprint density at radius 3 is 3.00 bits per heavy atom. The largest absolute Gasteiger partial charge is 0.465 e. The molecule has 1 unspecified atom stereocenters. The number of fused-ring (bicyclic) bond motifs is 1. The predicted molar refractivity (Wildman–Crippen MR) is 73.4 cm³/mol. The smallest absolute Gasteiger partial charge is 0.407 e. The maximum Gasteiger partial charge on any atom is 0.407 e. The van der Waals surface area contributed by atoms with Gasteiger partial charge in [0.2, 0.25) is 0 Å². The van der Waals surface area contributed by atoms with Gasteiger partial charge in [0, 0.05) is 19.2 Å². The van der Waals surface area contributed by atoms with Crippen molar-refractivity contribution in [3.05, 3.63) is 29.8 Å². The molecule has 0 spiro atoms. The molecular formula is C14H16FN3O3.